The maximum absolute atomic E-state index is 14.3. The van der Waals surface area contributed by atoms with Crippen LogP contribution in [-0.2, 0) is 20.7 Å². The van der Waals surface area contributed by atoms with E-state index < -0.39 is 23.8 Å². The van der Waals surface area contributed by atoms with Crippen molar-refractivity contribution in [1.82, 2.24) is 15.5 Å². The molecule has 2 aromatic carbocycles. The molecule has 2 unspecified atom stereocenters. The van der Waals surface area contributed by atoms with Crippen LogP contribution in [0.2, 0.25) is 0 Å². The molecule has 0 aliphatic heterocycles. The fraction of sp³-hybridized carbons (Fsp3) is 0.516. The molecule has 0 bridgehead atoms. The van der Waals surface area contributed by atoms with Crippen LogP contribution in [0.15, 0.2) is 54.6 Å². The number of ether oxygens (including phenoxy) is 1. The minimum atomic E-state index is -0.985. The summed E-state index contributed by atoms with van der Waals surface area (Å²) >= 11 is 0. The van der Waals surface area contributed by atoms with E-state index in [1.807, 2.05) is 30.3 Å². The Labute approximate surface area is 233 Å². The number of amides is 3. The van der Waals surface area contributed by atoms with E-state index in [4.69, 9.17) is 4.74 Å². The number of nitrogens with zero attached hydrogens (tertiary/aromatic N) is 1. The first-order chi connectivity index (χ1) is 18.6. The lowest BCUT2D eigenvalue weighted by Gasteiger charge is -2.34. The molecular formula is C31H45N3O5. The SMILES string of the molecule is CCCCCN(C(=O)C(Cc1ccc(O)cc1)NC(=O)OC(C)(C)C)C(C(=O)NCCCC)c1ccccc1. The predicted molar refractivity (Wildman–Crippen MR) is 153 cm³/mol. The van der Waals surface area contributed by atoms with Crippen molar-refractivity contribution in [1.29, 1.82) is 0 Å². The number of carbonyl (C=O) groups is 3. The minimum Gasteiger partial charge on any atom is -0.508 e. The van der Waals surface area contributed by atoms with Crippen molar-refractivity contribution in [3.05, 3.63) is 65.7 Å². The van der Waals surface area contributed by atoms with Crippen LogP contribution in [0, 0.1) is 0 Å². The summed E-state index contributed by atoms with van der Waals surface area (Å²) in [5.41, 5.74) is 0.708. The fourth-order valence-corrected chi connectivity index (χ4v) is 4.21. The molecule has 8 nitrogen and oxygen atoms in total. The molecule has 0 radical (unpaired) electrons. The maximum atomic E-state index is 14.3. The third-order valence-electron chi connectivity index (χ3n) is 6.16. The molecule has 2 atom stereocenters. The van der Waals surface area contributed by atoms with Gasteiger partial charge in [-0.25, -0.2) is 4.79 Å². The first-order valence-corrected chi connectivity index (χ1v) is 14.0. The molecule has 214 valence electrons. The Morgan fingerprint density at radius 3 is 2.15 bits per heavy atom. The Balaban J connectivity index is 2.49. The van der Waals surface area contributed by atoms with Crippen molar-refractivity contribution in [2.75, 3.05) is 13.1 Å². The Morgan fingerprint density at radius 1 is 0.923 bits per heavy atom. The standard InChI is InChI=1S/C31H45N3O5/c1-6-8-13-21-34(27(24-14-11-10-12-15-24)28(36)32-20-9-7-2)29(37)26(33-30(38)39-31(3,4)5)22-23-16-18-25(35)19-17-23/h10-12,14-19,26-27,35H,6-9,13,20-22H2,1-5H3,(H,32,36)(H,33,38). The van der Waals surface area contributed by atoms with Crippen LogP contribution in [0.3, 0.4) is 0 Å². The zero-order valence-corrected chi connectivity index (χ0v) is 24.0. The van der Waals surface area contributed by atoms with E-state index in [1.165, 1.54) is 12.1 Å². The van der Waals surface area contributed by atoms with Crippen LogP contribution >= 0.6 is 0 Å². The number of alkyl carbamates (subject to hydrolysis) is 1. The van der Waals surface area contributed by atoms with Crippen LogP contribution in [0.25, 0.3) is 0 Å². The molecule has 0 heterocycles. The van der Waals surface area contributed by atoms with Gasteiger partial charge in [0, 0.05) is 19.5 Å². The lowest BCUT2D eigenvalue weighted by Crippen LogP contribution is -2.54. The average molecular weight is 540 g/mol. The largest absolute Gasteiger partial charge is 0.508 e. The van der Waals surface area contributed by atoms with Gasteiger partial charge in [-0.2, -0.15) is 0 Å². The highest BCUT2D eigenvalue weighted by Crippen LogP contribution is 2.24. The topological polar surface area (TPSA) is 108 Å². The number of unbranched alkanes of at least 4 members (excludes halogenated alkanes) is 3. The van der Waals surface area contributed by atoms with Crippen molar-refractivity contribution in [3.8, 4) is 5.75 Å². The summed E-state index contributed by atoms with van der Waals surface area (Å²) < 4.78 is 5.47. The number of benzene rings is 2. The number of nitrogens with one attached hydrogen (secondary N) is 2. The molecular weight excluding hydrogens is 494 g/mol. The third-order valence-corrected chi connectivity index (χ3v) is 6.16. The lowest BCUT2D eigenvalue weighted by molar-refractivity contribution is -0.142. The van der Waals surface area contributed by atoms with Gasteiger partial charge in [-0.15, -0.1) is 0 Å². The normalized spacial score (nSPS) is 12.7. The van der Waals surface area contributed by atoms with Gasteiger partial charge in [-0.05, 0) is 56.9 Å². The van der Waals surface area contributed by atoms with Gasteiger partial charge in [0.1, 0.15) is 23.4 Å². The Hall–Kier alpha value is -3.55. The van der Waals surface area contributed by atoms with Gasteiger partial charge in [-0.1, -0.05) is 75.6 Å². The number of aromatic hydroxyl groups is 1. The molecule has 0 spiro atoms. The van der Waals surface area contributed by atoms with E-state index in [0.29, 0.717) is 25.1 Å². The molecule has 0 aliphatic rings. The number of hydrogen-bond donors (Lipinski definition) is 3. The lowest BCUT2D eigenvalue weighted by atomic mass is 9.99. The molecule has 0 aromatic heterocycles. The number of hydrogen-bond acceptors (Lipinski definition) is 5. The van der Waals surface area contributed by atoms with Crippen LogP contribution in [-0.4, -0.2) is 52.6 Å². The zero-order chi connectivity index (χ0) is 28.8. The molecule has 2 aromatic rings. The maximum Gasteiger partial charge on any atom is 0.408 e. The van der Waals surface area contributed by atoms with Crippen molar-refractivity contribution < 1.29 is 24.2 Å². The molecule has 0 saturated carbocycles. The summed E-state index contributed by atoms with van der Waals surface area (Å²) in [5, 5.41) is 15.5. The molecule has 8 heteroatoms. The van der Waals surface area contributed by atoms with Gasteiger partial charge in [0.2, 0.25) is 11.8 Å². The molecule has 0 fully saturated rings. The quantitative estimate of drug-likeness (QED) is 0.275. The van der Waals surface area contributed by atoms with Gasteiger partial charge < -0.3 is 25.4 Å². The summed E-state index contributed by atoms with van der Waals surface area (Å²) in [6.45, 7) is 10.3. The Kier molecular flexibility index (Phi) is 12.8. The van der Waals surface area contributed by atoms with E-state index >= 15 is 0 Å². The van der Waals surface area contributed by atoms with Crippen LogP contribution in [0.4, 0.5) is 4.79 Å². The second-order valence-electron chi connectivity index (χ2n) is 10.8. The second-order valence-corrected chi connectivity index (χ2v) is 10.8. The smallest absolute Gasteiger partial charge is 0.408 e. The summed E-state index contributed by atoms with van der Waals surface area (Å²) in [6, 6.07) is 13.9. The number of carbonyl (C=O) groups excluding carboxylic acids is 3. The fourth-order valence-electron chi connectivity index (χ4n) is 4.21. The number of rotatable bonds is 14. The summed E-state index contributed by atoms with van der Waals surface area (Å²) in [5.74, 6) is -0.513. The van der Waals surface area contributed by atoms with Gasteiger partial charge in [0.25, 0.3) is 0 Å². The first kappa shape index (κ1) is 31.7. The molecule has 3 N–H and O–H groups in total. The average Bonchev–Trinajstić information content (AvgIpc) is 2.88. The summed E-state index contributed by atoms with van der Waals surface area (Å²) in [7, 11) is 0. The minimum absolute atomic E-state index is 0.107. The molecule has 39 heavy (non-hydrogen) atoms. The van der Waals surface area contributed by atoms with E-state index in [0.717, 1.165) is 31.2 Å². The second kappa shape index (κ2) is 15.8. The molecule has 0 aliphatic carbocycles. The highest BCUT2D eigenvalue weighted by Gasteiger charge is 2.36. The highest BCUT2D eigenvalue weighted by atomic mass is 16.6. The third kappa shape index (κ3) is 11.0. The zero-order valence-electron chi connectivity index (χ0n) is 24.0. The van der Waals surface area contributed by atoms with Crippen molar-refractivity contribution in [2.45, 2.75) is 90.8 Å². The summed E-state index contributed by atoms with van der Waals surface area (Å²) in [4.78, 5) is 42.3. The van der Waals surface area contributed by atoms with Crippen LogP contribution in [0.5, 0.6) is 5.75 Å². The van der Waals surface area contributed by atoms with Crippen molar-refractivity contribution in [2.24, 2.45) is 0 Å². The van der Waals surface area contributed by atoms with E-state index in [-0.39, 0.29) is 24.0 Å². The molecule has 2 rings (SSSR count). The monoisotopic (exact) mass is 539 g/mol. The number of phenols is 1. The van der Waals surface area contributed by atoms with Crippen LogP contribution in [0.1, 0.15) is 83.9 Å². The first-order valence-electron chi connectivity index (χ1n) is 14.0. The van der Waals surface area contributed by atoms with Gasteiger partial charge >= 0.3 is 6.09 Å². The predicted octanol–water partition coefficient (Wildman–Crippen LogP) is 5.50. The van der Waals surface area contributed by atoms with Gasteiger partial charge in [0.05, 0.1) is 0 Å². The highest BCUT2D eigenvalue weighted by molar-refractivity contribution is 5.92. The van der Waals surface area contributed by atoms with E-state index in [2.05, 4.69) is 24.5 Å². The molecule has 0 saturated heterocycles. The Bertz CT molecular complexity index is 1030. The summed E-state index contributed by atoms with van der Waals surface area (Å²) in [6.07, 6.45) is 3.79. The Morgan fingerprint density at radius 2 is 1.56 bits per heavy atom. The molecule has 3 amide bonds. The van der Waals surface area contributed by atoms with Crippen molar-refractivity contribution in [3.63, 3.8) is 0 Å². The van der Waals surface area contributed by atoms with Gasteiger partial charge in [-0.3, -0.25) is 9.59 Å². The van der Waals surface area contributed by atoms with Crippen LogP contribution < -0.4 is 10.6 Å². The van der Waals surface area contributed by atoms with E-state index in [1.54, 1.807) is 37.8 Å². The number of phenolic OH excluding ortho intramolecular Hbond substituents is 1. The van der Waals surface area contributed by atoms with E-state index in [9.17, 15) is 19.5 Å². The van der Waals surface area contributed by atoms with Gasteiger partial charge in [0.15, 0.2) is 0 Å². The van der Waals surface area contributed by atoms with Crippen molar-refractivity contribution >= 4 is 17.9 Å².